The van der Waals surface area contributed by atoms with Crippen LogP contribution in [0.2, 0.25) is 0 Å². The molecule has 0 saturated heterocycles. The zero-order valence-corrected chi connectivity index (χ0v) is 22.2. The minimum atomic E-state index is -0.248. The van der Waals surface area contributed by atoms with Crippen molar-refractivity contribution in [2.75, 3.05) is 26.4 Å². The lowest BCUT2D eigenvalue weighted by atomic mass is 9.62. The van der Waals surface area contributed by atoms with E-state index in [0.717, 1.165) is 51.4 Å². The maximum atomic E-state index is 13.2. The zero-order valence-electron chi connectivity index (χ0n) is 22.2. The maximum absolute atomic E-state index is 13.2. The molecule has 0 radical (unpaired) electrons. The van der Waals surface area contributed by atoms with Gasteiger partial charge in [0.05, 0.1) is 24.0 Å². The van der Waals surface area contributed by atoms with E-state index in [4.69, 9.17) is 14.2 Å². The molecule has 4 fully saturated rings. The molecular weight excluding hydrogens is 440 g/mol. The first-order chi connectivity index (χ1) is 17.2. The molecule has 5 heteroatoms. The summed E-state index contributed by atoms with van der Waals surface area (Å²) in [6.45, 7) is 1.34. The van der Waals surface area contributed by atoms with Gasteiger partial charge < -0.3 is 14.2 Å². The Labute approximate surface area is 213 Å². The molecule has 0 aromatic carbocycles. The first-order valence-electron chi connectivity index (χ1n) is 15.1. The van der Waals surface area contributed by atoms with E-state index < -0.39 is 0 Å². The lowest BCUT2D eigenvalue weighted by Crippen LogP contribution is -2.43. The summed E-state index contributed by atoms with van der Waals surface area (Å²) in [5.74, 6) is 1.04. The molecule has 0 amide bonds. The predicted molar refractivity (Wildman–Crippen MR) is 137 cm³/mol. The first-order valence-corrected chi connectivity index (χ1v) is 15.1. The van der Waals surface area contributed by atoms with Crippen molar-refractivity contribution in [2.45, 2.75) is 128 Å². The second kappa shape index (κ2) is 13.4. The van der Waals surface area contributed by atoms with Crippen molar-refractivity contribution in [2.24, 2.45) is 22.7 Å². The molecule has 0 bridgehead atoms. The van der Waals surface area contributed by atoms with Gasteiger partial charge in [-0.3, -0.25) is 9.59 Å². The van der Waals surface area contributed by atoms with E-state index in [-0.39, 0.29) is 22.8 Å². The first kappa shape index (κ1) is 26.9. The van der Waals surface area contributed by atoms with E-state index in [2.05, 4.69) is 0 Å². The number of ether oxygens (including phenoxy) is 3. The second-order valence-corrected chi connectivity index (χ2v) is 12.0. The fourth-order valence-electron chi connectivity index (χ4n) is 8.01. The van der Waals surface area contributed by atoms with Gasteiger partial charge in [-0.2, -0.15) is 0 Å². The molecule has 0 atom stereocenters. The molecule has 200 valence electrons. The van der Waals surface area contributed by atoms with Gasteiger partial charge >= 0.3 is 11.9 Å². The lowest BCUT2D eigenvalue weighted by molar-refractivity contribution is -0.167. The molecular formula is C30H50O5. The van der Waals surface area contributed by atoms with E-state index in [1.54, 1.807) is 0 Å². The summed E-state index contributed by atoms with van der Waals surface area (Å²) in [6, 6.07) is 0. The Kier molecular flexibility index (Phi) is 10.4. The summed E-state index contributed by atoms with van der Waals surface area (Å²) in [4.78, 5) is 26.4. The van der Waals surface area contributed by atoms with E-state index in [1.165, 1.54) is 77.0 Å². The molecule has 4 rings (SSSR count). The molecule has 0 spiro atoms. The van der Waals surface area contributed by atoms with Crippen LogP contribution in [0.1, 0.15) is 128 Å². The zero-order chi connectivity index (χ0) is 24.4. The van der Waals surface area contributed by atoms with Gasteiger partial charge in [-0.05, 0) is 63.2 Å². The quantitative estimate of drug-likeness (QED) is 0.240. The Bertz CT molecular complexity index is 594. The highest BCUT2D eigenvalue weighted by Crippen LogP contribution is 2.50. The third-order valence-electron chi connectivity index (χ3n) is 10.00. The maximum Gasteiger partial charge on any atom is 0.312 e. The molecule has 35 heavy (non-hydrogen) atoms. The van der Waals surface area contributed by atoms with Crippen LogP contribution >= 0.6 is 0 Å². The normalized spacial score (nSPS) is 25.6. The van der Waals surface area contributed by atoms with Gasteiger partial charge in [-0.1, -0.05) is 77.0 Å². The molecule has 0 aromatic heterocycles. The van der Waals surface area contributed by atoms with Crippen LogP contribution < -0.4 is 0 Å². The minimum absolute atomic E-state index is 0.0193. The van der Waals surface area contributed by atoms with Crippen LogP contribution in [-0.4, -0.2) is 38.4 Å². The van der Waals surface area contributed by atoms with Crippen LogP contribution in [0, 0.1) is 22.7 Å². The van der Waals surface area contributed by atoms with Crippen molar-refractivity contribution >= 4 is 11.9 Å². The van der Waals surface area contributed by atoms with Crippen LogP contribution in [0.25, 0.3) is 0 Å². The Morgan fingerprint density at radius 3 is 1.20 bits per heavy atom. The fraction of sp³-hybridized carbons (Fsp3) is 0.933. The van der Waals surface area contributed by atoms with E-state index in [0.29, 0.717) is 38.3 Å². The molecule has 4 aliphatic carbocycles. The van der Waals surface area contributed by atoms with Gasteiger partial charge in [-0.25, -0.2) is 0 Å². The molecule has 0 unspecified atom stereocenters. The molecule has 0 heterocycles. The van der Waals surface area contributed by atoms with E-state index in [1.807, 2.05) is 0 Å². The van der Waals surface area contributed by atoms with Crippen LogP contribution in [0.5, 0.6) is 0 Å². The average molecular weight is 491 g/mol. The van der Waals surface area contributed by atoms with Crippen molar-refractivity contribution in [1.29, 1.82) is 0 Å². The number of carbonyl (C=O) groups excluding carboxylic acids is 2. The van der Waals surface area contributed by atoms with Crippen molar-refractivity contribution in [3.05, 3.63) is 0 Å². The monoisotopic (exact) mass is 490 g/mol. The molecule has 0 aliphatic heterocycles. The highest BCUT2D eigenvalue weighted by molar-refractivity contribution is 5.78. The number of esters is 2. The molecule has 0 N–H and O–H groups in total. The summed E-state index contributed by atoms with van der Waals surface area (Å²) in [5, 5.41) is 0. The third-order valence-corrected chi connectivity index (χ3v) is 10.00. The van der Waals surface area contributed by atoms with Crippen molar-refractivity contribution < 1.29 is 23.8 Å². The average Bonchev–Trinajstić information content (AvgIpc) is 2.94. The van der Waals surface area contributed by atoms with Crippen molar-refractivity contribution in [3.63, 3.8) is 0 Å². The Morgan fingerprint density at radius 1 is 0.486 bits per heavy atom. The van der Waals surface area contributed by atoms with Crippen molar-refractivity contribution in [3.8, 4) is 0 Å². The number of hydrogen-bond acceptors (Lipinski definition) is 5. The number of carbonyl (C=O) groups is 2. The Hall–Kier alpha value is -1.10. The largest absolute Gasteiger partial charge is 0.463 e. The standard InChI is InChI=1S/C30H50O5/c31-27(29(17-9-3-10-18-29)25-13-5-1-6-14-25)34-23-21-33-22-24-35-28(32)30(19-11-4-12-20-30)26-15-7-2-8-16-26/h25-26H,1-24H2. The molecule has 4 saturated carbocycles. The fourth-order valence-corrected chi connectivity index (χ4v) is 8.01. The van der Waals surface area contributed by atoms with Crippen LogP contribution in [0.3, 0.4) is 0 Å². The molecule has 4 aliphatic rings. The van der Waals surface area contributed by atoms with Gasteiger partial charge in [0, 0.05) is 0 Å². The highest BCUT2D eigenvalue weighted by atomic mass is 16.6. The predicted octanol–water partition coefficient (Wildman–Crippen LogP) is 7.15. The van der Waals surface area contributed by atoms with Crippen LogP contribution in [-0.2, 0) is 23.8 Å². The molecule has 0 aromatic rings. The summed E-state index contributed by atoms with van der Waals surface area (Å²) in [7, 11) is 0. The van der Waals surface area contributed by atoms with Crippen LogP contribution in [0.15, 0.2) is 0 Å². The topological polar surface area (TPSA) is 61.8 Å². The van der Waals surface area contributed by atoms with Gasteiger partial charge in [0.25, 0.3) is 0 Å². The summed E-state index contributed by atoms with van der Waals surface area (Å²) < 4.78 is 17.3. The van der Waals surface area contributed by atoms with E-state index in [9.17, 15) is 9.59 Å². The third kappa shape index (κ3) is 6.62. The summed E-state index contributed by atoms with van der Waals surface area (Å²) in [6.07, 6.45) is 23.4. The van der Waals surface area contributed by atoms with Gasteiger partial charge in [0.2, 0.25) is 0 Å². The van der Waals surface area contributed by atoms with Gasteiger partial charge in [0.1, 0.15) is 13.2 Å². The van der Waals surface area contributed by atoms with Crippen molar-refractivity contribution in [1.82, 2.24) is 0 Å². The Balaban J connectivity index is 1.16. The lowest BCUT2D eigenvalue weighted by Gasteiger charge is -2.43. The summed E-state index contributed by atoms with van der Waals surface area (Å²) in [5.41, 5.74) is -0.497. The van der Waals surface area contributed by atoms with Gasteiger partial charge in [-0.15, -0.1) is 0 Å². The highest BCUT2D eigenvalue weighted by Gasteiger charge is 2.48. The number of rotatable bonds is 10. The smallest absolute Gasteiger partial charge is 0.312 e. The minimum Gasteiger partial charge on any atom is -0.463 e. The van der Waals surface area contributed by atoms with E-state index >= 15 is 0 Å². The summed E-state index contributed by atoms with van der Waals surface area (Å²) >= 11 is 0. The van der Waals surface area contributed by atoms with Crippen LogP contribution in [0.4, 0.5) is 0 Å². The SMILES string of the molecule is O=C(OCCOCCOC(=O)C1(C2CCCCC2)CCCCC1)C1(C2CCCCC2)CCCCC1. The number of hydrogen-bond donors (Lipinski definition) is 0. The second-order valence-electron chi connectivity index (χ2n) is 12.0. The van der Waals surface area contributed by atoms with Gasteiger partial charge in [0.15, 0.2) is 0 Å². The molecule has 5 nitrogen and oxygen atoms in total. The Morgan fingerprint density at radius 2 is 0.829 bits per heavy atom.